The summed E-state index contributed by atoms with van der Waals surface area (Å²) < 4.78 is 76.7. The number of aromatic nitrogens is 1. The van der Waals surface area contributed by atoms with E-state index >= 15 is 0 Å². The van der Waals surface area contributed by atoms with Gasteiger partial charge < -0.3 is 10.2 Å². The van der Waals surface area contributed by atoms with Gasteiger partial charge in [-0.05, 0) is 23.9 Å². The quantitative estimate of drug-likeness (QED) is 0.568. The summed E-state index contributed by atoms with van der Waals surface area (Å²) in [6, 6.07) is 6.76. The molecule has 2 heterocycles. The van der Waals surface area contributed by atoms with Crippen LogP contribution in [0.2, 0.25) is 0 Å². The summed E-state index contributed by atoms with van der Waals surface area (Å²) in [4.78, 5) is 5.28. The van der Waals surface area contributed by atoms with Gasteiger partial charge in [0.2, 0.25) is 0 Å². The number of fused-ring (bicyclic) bond motifs is 1. The molecule has 0 radical (unpaired) electrons. The van der Waals surface area contributed by atoms with Crippen molar-refractivity contribution in [3.63, 3.8) is 0 Å². The molecule has 134 valence electrons. The Labute approximate surface area is 143 Å². The average molecular weight is 379 g/mol. The summed E-state index contributed by atoms with van der Waals surface area (Å²) in [5.74, 6) is 0.241. The number of hydrogen-bond acceptors (Lipinski definition) is 4. The number of rotatable bonds is 2. The first-order valence-corrected chi connectivity index (χ1v) is 7.79. The lowest BCUT2D eigenvalue weighted by Crippen LogP contribution is -2.24. The van der Waals surface area contributed by atoms with E-state index in [0.29, 0.717) is 11.8 Å². The third kappa shape index (κ3) is 3.63. The van der Waals surface area contributed by atoms with E-state index in [1.807, 2.05) is 0 Å². The van der Waals surface area contributed by atoms with Crippen molar-refractivity contribution in [2.24, 2.45) is 0 Å². The molecule has 3 rings (SSSR count). The normalized spacial score (nSPS) is 17.4. The minimum absolute atomic E-state index is 0.0248. The van der Waals surface area contributed by atoms with E-state index in [4.69, 9.17) is 0 Å². The van der Waals surface area contributed by atoms with Crippen LogP contribution >= 0.6 is 11.8 Å². The highest BCUT2D eigenvalue weighted by Crippen LogP contribution is 2.45. The molecule has 1 aliphatic heterocycles. The van der Waals surface area contributed by atoms with E-state index in [-0.39, 0.29) is 28.2 Å². The lowest BCUT2D eigenvalue weighted by atomic mass is 10.1. The Morgan fingerprint density at radius 3 is 2.44 bits per heavy atom. The zero-order valence-corrected chi connectivity index (χ0v) is 13.4. The van der Waals surface area contributed by atoms with Crippen molar-refractivity contribution < 1.29 is 26.3 Å². The number of benzene rings is 1. The van der Waals surface area contributed by atoms with Gasteiger partial charge in [0.05, 0.1) is 11.3 Å². The van der Waals surface area contributed by atoms with Crippen LogP contribution in [-0.2, 0) is 6.18 Å². The first-order valence-electron chi connectivity index (χ1n) is 6.97. The number of alkyl halides is 6. The van der Waals surface area contributed by atoms with E-state index < -0.39 is 23.4 Å². The maximum atomic E-state index is 12.8. The van der Waals surface area contributed by atoms with Gasteiger partial charge in [-0.25, -0.2) is 4.98 Å². The fraction of sp³-hybridized carbons (Fsp3) is 0.267. The topological polar surface area (TPSA) is 28.2 Å². The summed E-state index contributed by atoms with van der Waals surface area (Å²) in [5, 5.41) is 2.82. The van der Waals surface area contributed by atoms with Crippen LogP contribution in [-0.4, -0.2) is 17.5 Å². The highest BCUT2D eigenvalue weighted by molar-refractivity contribution is 8.00. The van der Waals surface area contributed by atoms with Crippen LogP contribution in [0.4, 0.5) is 37.8 Å². The van der Waals surface area contributed by atoms with E-state index in [1.54, 1.807) is 13.1 Å². The molecule has 0 spiro atoms. The van der Waals surface area contributed by atoms with Crippen LogP contribution in [0.25, 0.3) is 0 Å². The monoisotopic (exact) mass is 379 g/mol. The second kappa shape index (κ2) is 6.01. The minimum Gasteiger partial charge on any atom is -0.358 e. The first kappa shape index (κ1) is 17.7. The van der Waals surface area contributed by atoms with Crippen LogP contribution in [0.1, 0.15) is 17.3 Å². The Bertz CT molecular complexity index is 790. The molecule has 25 heavy (non-hydrogen) atoms. The summed E-state index contributed by atoms with van der Waals surface area (Å²) in [6.45, 7) is 0. The van der Waals surface area contributed by atoms with Crippen molar-refractivity contribution in [3.8, 4) is 0 Å². The number of pyridine rings is 1. The van der Waals surface area contributed by atoms with Crippen molar-refractivity contribution in [2.45, 2.75) is 22.7 Å². The SMILES string of the molecule is CN1c2ncc(C(F)(F)F)cc2NC1c1ccccc1SC(F)(F)F. The summed E-state index contributed by atoms with van der Waals surface area (Å²) in [6.07, 6.45) is -4.60. The third-order valence-electron chi connectivity index (χ3n) is 3.65. The Kier molecular flexibility index (Phi) is 4.26. The predicted octanol–water partition coefficient (Wildman–Crippen LogP) is 5.27. The standard InChI is InChI=1S/C15H11F6N3S/c1-24-12(9-4-2-3-5-11(9)25-15(19,20)21)23-10-6-8(14(16,17)18)7-22-13(10)24/h2-7,12,23H,1H3. The Morgan fingerprint density at radius 2 is 1.80 bits per heavy atom. The molecule has 1 aliphatic rings. The van der Waals surface area contributed by atoms with Crippen LogP contribution in [0.15, 0.2) is 41.4 Å². The fourth-order valence-corrected chi connectivity index (χ4v) is 3.27. The molecule has 1 atom stereocenters. The molecule has 1 aromatic carbocycles. The van der Waals surface area contributed by atoms with Gasteiger partial charge in [0.15, 0.2) is 5.82 Å². The molecule has 0 amide bonds. The molecule has 10 heteroatoms. The maximum Gasteiger partial charge on any atom is 0.446 e. The fourth-order valence-electron chi connectivity index (χ4n) is 2.58. The first-order chi connectivity index (χ1) is 11.6. The molecule has 1 N–H and O–H groups in total. The summed E-state index contributed by atoms with van der Waals surface area (Å²) in [7, 11) is 1.55. The van der Waals surface area contributed by atoms with Crippen molar-refractivity contribution in [2.75, 3.05) is 17.3 Å². The molecule has 0 aliphatic carbocycles. The smallest absolute Gasteiger partial charge is 0.358 e. The van der Waals surface area contributed by atoms with Gasteiger partial charge in [-0.15, -0.1) is 0 Å². The summed E-state index contributed by atoms with van der Waals surface area (Å²) >= 11 is -0.265. The largest absolute Gasteiger partial charge is 0.446 e. The lowest BCUT2D eigenvalue weighted by Gasteiger charge is -2.24. The summed E-state index contributed by atoms with van der Waals surface area (Å²) in [5.41, 5.74) is -4.97. The molecular formula is C15H11F6N3S. The van der Waals surface area contributed by atoms with Crippen LogP contribution in [0, 0.1) is 0 Å². The second-order valence-electron chi connectivity index (χ2n) is 5.34. The average Bonchev–Trinajstić information content (AvgIpc) is 2.82. The zero-order valence-electron chi connectivity index (χ0n) is 12.6. The maximum absolute atomic E-state index is 12.8. The molecule has 3 nitrogen and oxygen atoms in total. The van der Waals surface area contributed by atoms with Gasteiger partial charge in [0.25, 0.3) is 0 Å². The molecule has 0 fully saturated rings. The van der Waals surface area contributed by atoms with Crippen LogP contribution < -0.4 is 10.2 Å². The number of thioether (sulfide) groups is 1. The molecule has 0 bridgehead atoms. The highest BCUT2D eigenvalue weighted by atomic mass is 32.2. The van der Waals surface area contributed by atoms with Crippen LogP contribution in [0.5, 0.6) is 0 Å². The van der Waals surface area contributed by atoms with Crippen LogP contribution in [0.3, 0.4) is 0 Å². The van der Waals surface area contributed by atoms with E-state index in [2.05, 4.69) is 10.3 Å². The van der Waals surface area contributed by atoms with Gasteiger partial charge in [-0.3, -0.25) is 0 Å². The Balaban J connectivity index is 1.96. The Hall–Kier alpha value is -2.10. The molecular weight excluding hydrogens is 368 g/mol. The lowest BCUT2D eigenvalue weighted by molar-refractivity contribution is -0.137. The number of anilines is 2. The van der Waals surface area contributed by atoms with E-state index in [9.17, 15) is 26.3 Å². The minimum atomic E-state index is -4.55. The predicted molar refractivity (Wildman–Crippen MR) is 82.4 cm³/mol. The molecule has 1 unspecified atom stereocenters. The van der Waals surface area contributed by atoms with Crippen molar-refractivity contribution in [1.82, 2.24) is 4.98 Å². The molecule has 0 saturated heterocycles. The van der Waals surface area contributed by atoms with Gasteiger partial charge in [0, 0.05) is 23.7 Å². The van der Waals surface area contributed by atoms with Gasteiger partial charge in [0.1, 0.15) is 6.17 Å². The highest BCUT2D eigenvalue weighted by Gasteiger charge is 2.37. The van der Waals surface area contributed by atoms with E-state index in [0.717, 1.165) is 6.07 Å². The van der Waals surface area contributed by atoms with E-state index in [1.165, 1.54) is 23.1 Å². The third-order valence-corrected chi connectivity index (χ3v) is 4.47. The second-order valence-corrected chi connectivity index (χ2v) is 6.44. The van der Waals surface area contributed by atoms with Gasteiger partial charge in [-0.1, -0.05) is 18.2 Å². The van der Waals surface area contributed by atoms with Gasteiger partial charge >= 0.3 is 11.7 Å². The van der Waals surface area contributed by atoms with Gasteiger partial charge in [-0.2, -0.15) is 26.3 Å². The molecule has 1 aromatic heterocycles. The zero-order chi connectivity index (χ0) is 18.4. The Morgan fingerprint density at radius 1 is 1.12 bits per heavy atom. The number of halogens is 6. The molecule has 2 aromatic rings. The molecule has 0 saturated carbocycles. The van der Waals surface area contributed by atoms with Crippen molar-refractivity contribution >= 4 is 23.3 Å². The van der Waals surface area contributed by atoms with Crippen molar-refractivity contribution in [3.05, 3.63) is 47.7 Å². The number of hydrogen-bond donors (Lipinski definition) is 1. The van der Waals surface area contributed by atoms with Crippen molar-refractivity contribution in [1.29, 1.82) is 0 Å². The number of nitrogens with one attached hydrogen (secondary N) is 1. The number of nitrogens with zero attached hydrogens (tertiary/aromatic N) is 2.